The zero-order valence-electron chi connectivity index (χ0n) is 14.2. The van der Waals surface area contributed by atoms with Gasteiger partial charge in [0.1, 0.15) is 0 Å². The van der Waals surface area contributed by atoms with Gasteiger partial charge in [-0.1, -0.05) is 18.5 Å². The highest BCUT2D eigenvalue weighted by Gasteiger charge is 2.34. The van der Waals surface area contributed by atoms with Crippen LogP contribution in [0, 0.1) is 0 Å². The molecule has 1 aromatic heterocycles. The Labute approximate surface area is 158 Å². The molecular weight excluding hydrogens is 389 g/mol. The number of carbonyl (C=O) groups excluding carboxylic acids is 1. The lowest BCUT2D eigenvalue weighted by molar-refractivity contribution is -0.136. The fraction of sp³-hybridized carbons (Fsp3) is 0.353. The molecular formula is C17H18ClF3N2O2S. The molecule has 2 aromatic rings. The first-order valence-electron chi connectivity index (χ1n) is 7.81. The van der Waals surface area contributed by atoms with Crippen LogP contribution in [0.5, 0.6) is 0 Å². The van der Waals surface area contributed by atoms with Gasteiger partial charge < -0.3 is 9.64 Å². The lowest BCUT2D eigenvalue weighted by Gasteiger charge is -2.21. The second kappa shape index (κ2) is 8.64. The van der Waals surface area contributed by atoms with Gasteiger partial charge in [0.25, 0.3) is 0 Å². The second-order valence-corrected chi connectivity index (χ2v) is 7.35. The summed E-state index contributed by atoms with van der Waals surface area (Å²) in [4.78, 5) is 14.2. The van der Waals surface area contributed by atoms with Gasteiger partial charge in [-0.2, -0.15) is 13.2 Å². The Hall–Kier alpha value is -1.93. The molecule has 0 bridgehead atoms. The second-order valence-electron chi connectivity index (χ2n) is 5.55. The summed E-state index contributed by atoms with van der Waals surface area (Å²) in [6, 6.07) is 7.31. The van der Waals surface area contributed by atoms with E-state index in [2.05, 4.69) is 5.32 Å². The van der Waals surface area contributed by atoms with Crippen molar-refractivity contribution in [1.29, 1.82) is 0 Å². The molecule has 1 heterocycles. The average Bonchev–Trinajstić information content (AvgIpc) is 2.97. The van der Waals surface area contributed by atoms with Crippen LogP contribution in [0.3, 0.4) is 0 Å². The number of rotatable bonds is 6. The van der Waals surface area contributed by atoms with Crippen LogP contribution < -0.4 is 10.2 Å². The smallest absolute Gasteiger partial charge is 0.418 e. The van der Waals surface area contributed by atoms with Crippen molar-refractivity contribution in [2.24, 2.45) is 0 Å². The van der Waals surface area contributed by atoms with Gasteiger partial charge in [-0.15, -0.1) is 11.3 Å². The highest BCUT2D eigenvalue weighted by molar-refractivity contribution is 7.16. The van der Waals surface area contributed by atoms with Crippen molar-refractivity contribution in [1.82, 2.24) is 0 Å². The molecule has 0 fully saturated rings. The van der Waals surface area contributed by atoms with Gasteiger partial charge in [-0.05, 0) is 36.8 Å². The lowest BCUT2D eigenvalue weighted by Crippen LogP contribution is -2.20. The van der Waals surface area contributed by atoms with Gasteiger partial charge >= 0.3 is 12.3 Å². The Morgan fingerprint density at radius 3 is 2.62 bits per heavy atom. The van der Waals surface area contributed by atoms with Crippen LogP contribution in [0.15, 0.2) is 30.3 Å². The summed E-state index contributed by atoms with van der Waals surface area (Å²) < 4.78 is 45.6. The van der Waals surface area contributed by atoms with Crippen molar-refractivity contribution >= 4 is 40.4 Å². The standard InChI is InChI=1S/C17H18ClF3N2O2S/c1-3-8-25-16(24)22-14-6-4-11(9-13(14)17(19,20)21)23(2)10-12-5-7-15(18)26-12/h4-7,9H,3,8,10H2,1-2H3,(H,22,24). The number of amides is 1. The Bertz CT molecular complexity index is 765. The molecule has 0 saturated carbocycles. The number of thiophene rings is 1. The number of hydrogen-bond donors (Lipinski definition) is 1. The Balaban J connectivity index is 2.22. The van der Waals surface area contributed by atoms with E-state index in [1.807, 2.05) is 6.07 Å². The number of hydrogen-bond acceptors (Lipinski definition) is 4. The van der Waals surface area contributed by atoms with Crippen molar-refractivity contribution < 1.29 is 22.7 Å². The summed E-state index contributed by atoms with van der Waals surface area (Å²) in [6.45, 7) is 2.34. The third kappa shape index (κ3) is 5.54. The SMILES string of the molecule is CCCOC(=O)Nc1ccc(N(C)Cc2ccc(Cl)s2)cc1C(F)(F)F. The maximum Gasteiger partial charge on any atom is 0.418 e. The van der Waals surface area contributed by atoms with Crippen molar-refractivity contribution in [3.63, 3.8) is 0 Å². The Morgan fingerprint density at radius 1 is 1.31 bits per heavy atom. The van der Waals surface area contributed by atoms with Crippen LogP contribution in [-0.4, -0.2) is 19.7 Å². The molecule has 142 valence electrons. The van der Waals surface area contributed by atoms with Crippen molar-refractivity contribution in [3.05, 3.63) is 45.1 Å². The van der Waals surface area contributed by atoms with Gasteiger partial charge in [0.05, 0.1) is 28.7 Å². The minimum atomic E-state index is -4.61. The minimum Gasteiger partial charge on any atom is -0.449 e. The quantitative estimate of drug-likeness (QED) is 0.638. The fourth-order valence-electron chi connectivity index (χ4n) is 2.22. The van der Waals surface area contributed by atoms with E-state index < -0.39 is 17.8 Å². The van der Waals surface area contributed by atoms with Crippen molar-refractivity contribution in [2.45, 2.75) is 26.1 Å². The molecule has 0 aliphatic rings. The molecule has 26 heavy (non-hydrogen) atoms. The summed E-state index contributed by atoms with van der Waals surface area (Å²) in [6.07, 6.45) is -4.95. The van der Waals surface area contributed by atoms with Crippen LogP contribution in [-0.2, 0) is 17.5 Å². The van der Waals surface area contributed by atoms with E-state index >= 15 is 0 Å². The van der Waals surface area contributed by atoms with E-state index in [4.69, 9.17) is 16.3 Å². The van der Waals surface area contributed by atoms with E-state index in [1.54, 1.807) is 24.9 Å². The maximum atomic E-state index is 13.4. The number of carbonyl (C=O) groups is 1. The fourth-order valence-corrected chi connectivity index (χ4v) is 3.36. The first-order valence-corrected chi connectivity index (χ1v) is 9.00. The largest absolute Gasteiger partial charge is 0.449 e. The summed E-state index contributed by atoms with van der Waals surface area (Å²) >= 11 is 7.25. The molecule has 0 radical (unpaired) electrons. The van der Waals surface area contributed by atoms with E-state index in [0.717, 1.165) is 10.9 Å². The molecule has 4 nitrogen and oxygen atoms in total. The summed E-state index contributed by atoms with van der Waals surface area (Å²) in [5.74, 6) is 0. The van der Waals surface area contributed by atoms with Crippen molar-refractivity contribution in [3.8, 4) is 0 Å². The van der Waals surface area contributed by atoms with E-state index in [9.17, 15) is 18.0 Å². The van der Waals surface area contributed by atoms with E-state index in [1.165, 1.54) is 23.5 Å². The number of ether oxygens (including phenoxy) is 1. The molecule has 0 aliphatic heterocycles. The zero-order chi connectivity index (χ0) is 19.3. The average molecular weight is 407 g/mol. The summed E-state index contributed by atoms with van der Waals surface area (Å²) in [7, 11) is 1.69. The van der Waals surface area contributed by atoms with Gasteiger partial charge in [-0.25, -0.2) is 4.79 Å². The van der Waals surface area contributed by atoms with Crippen LogP contribution in [0.4, 0.5) is 29.3 Å². The molecule has 0 aliphatic carbocycles. The topological polar surface area (TPSA) is 41.6 Å². The highest BCUT2D eigenvalue weighted by Crippen LogP contribution is 2.37. The molecule has 1 aromatic carbocycles. The van der Waals surface area contributed by atoms with Crippen molar-refractivity contribution in [2.75, 3.05) is 23.9 Å². The maximum absolute atomic E-state index is 13.4. The molecule has 0 unspecified atom stereocenters. The molecule has 9 heteroatoms. The third-order valence-corrected chi connectivity index (χ3v) is 4.66. The normalized spacial score (nSPS) is 11.3. The number of nitrogens with one attached hydrogen (secondary N) is 1. The molecule has 2 rings (SSSR count). The third-order valence-electron chi connectivity index (χ3n) is 3.45. The number of nitrogens with zero attached hydrogens (tertiary/aromatic N) is 1. The summed E-state index contributed by atoms with van der Waals surface area (Å²) in [5, 5.41) is 2.16. The first-order chi connectivity index (χ1) is 12.2. The predicted molar refractivity (Wildman–Crippen MR) is 98.1 cm³/mol. The van der Waals surface area contributed by atoms with E-state index in [-0.39, 0.29) is 12.3 Å². The molecule has 0 spiro atoms. The van der Waals surface area contributed by atoms with Crippen LogP contribution in [0.2, 0.25) is 4.34 Å². The first kappa shape index (κ1) is 20.4. The summed E-state index contributed by atoms with van der Waals surface area (Å²) in [5.41, 5.74) is -0.899. The van der Waals surface area contributed by atoms with E-state index in [0.29, 0.717) is 23.0 Å². The van der Waals surface area contributed by atoms with Gasteiger partial charge in [0.15, 0.2) is 0 Å². The molecule has 1 N–H and O–H groups in total. The highest BCUT2D eigenvalue weighted by atomic mass is 35.5. The number of alkyl halides is 3. The minimum absolute atomic E-state index is 0.136. The van der Waals surface area contributed by atoms with Gasteiger partial charge in [-0.3, -0.25) is 5.32 Å². The predicted octanol–water partition coefficient (Wildman–Crippen LogP) is 6.02. The number of halogens is 4. The number of benzene rings is 1. The van der Waals surface area contributed by atoms with Gasteiger partial charge in [0.2, 0.25) is 0 Å². The van der Waals surface area contributed by atoms with Gasteiger partial charge in [0, 0.05) is 17.6 Å². The zero-order valence-corrected chi connectivity index (χ0v) is 15.8. The van der Waals surface area contributed by atoms with Crippen LogP contribution in [0.1, 0.15) is 23.8 Å². The monoisotopic (exact) mass is 406 g/mol. The lowest BCUT2D eigenvalue weighted by atomic mass is 10.1. The Morgan fingerprint density at radius 2 is 2.04 bits per heavy atom. The molecule has 1 amide bonds. The molecule has 0 atom stereocenters. The van der Waals surface area contributed by atoms with Crippen LogP contribution >= 0.6 is 22.9 Å². The molecule has 0 saturated heterocycles. The Kier molecular flexibility index (Phi) is 6.77. The number of anilines is 2. The van der Waals surface area contributed by atoms with Crippen LogP contribution in [0.25, 0.3) is 0 Å².